The first-order chi connectivity index (χ1) is 27.0. The smallest absolute Gasteiger partial charge is 0.394 e. The molecule has 0 spiro atoms. The molecule has 0 bridgehead atoms. The lowest BCUT2D eigenvalue weighted by Crippen LogP contribution is -2.61. The third-order valence-corrected chi connectivity index (χ3v) is 9.82. The number of carbonyl (C=O) groups excluding carboxylic acids is 6. The molecule has 9 N–H and O–H groups in total. The van der Waals surface area contributed by atoms with Crippen molar-refractivity contribution in [3.05, 3.63) is 30.9 Å². The molecule has 7 atom stereocenters. The minimum atomic E-state index is -4.69. The highest BCUT2D eigenvalue weighted by Gasteiger charge is 2.38. The van der Waals surface area contributed by atoms with Crippen molar-refractivity contribution in [2.24, 2.45) is 11.7 Å². The van der Waals surface area contributed by atoms with Gasteiger partial charge in [0.2, 0.25) is 35.4 Å². The number of nitrogens with two attached hydrogens (primary N) is 1. The SMILES string of the molecule is C=CCCCOP(=O)(O)O[C@H](C)[C@H](NC(=O)[C@H](CO)NC(=O)[C@H](Cc1cnc[nH]1)NC(=O)[C@H](CC(C)C)NC(=O)[C@@H]1CCCN1C(=O)CCOCCOC)C(N)=O. The van der Waals surface area contributed by atoms with E-state index in [9.17, 15) is 43.3 Å². The van der Waals surface area contributed by atoms with E-state index in [-0.39, 0.29) is 44.3 Å². The van der Waals surface area contributed by atoms with E-state index in [0.29, 0.717) is 51.1 Å². The molecule has 1 aliphatic heterocycles. The van der Waals surface area contributed by atoms with Gasteiger partial charge in [-0.25, -0.2) is 9.55 Å². The molecule has 2 heterocycles. The Labute approximate surface area is 332 Å². The molecule has 57 heavy (non-hydrogen) atoms. The van der Waals surface area contributed by atoms with Crippen LogP contribution in [0.1, 0.15) is 65.0 Å². The van der Waals surface area contributed by atoms with Crippen LogP contribution in [0.4, 0.5) is 0 Å². The van der Waals surface area contributed by atoms with Crippen molar-refractivity contribution in [3.8, 4) is 0 Å². The number of ether oxygens (including phenoxy) is 2. The summed E-state index contributed by atoms with van der Waals surface area (Å²) < 4.78 is 32.6. The van der Waals surface area contributed by atoms with Gasteiger partial charge in [0.15, 0.2) is 0 Å². The molecule has 6 amide bonds. The van der Waals surface area contributed by atoms with Gasteiger partial charge in [-0.05, 0) is 44.9 Å². The maximum Gasteiger partial charge on any atom is 0.472 e. The van der Waals surface area contributed by atoms with Crippen LogP contribution in [0.5, 0.6) is 0 Å². The van der Waals surface area contributed by atoms with Crippen molar-refractivity contribution in [1.82, 2.24) is 36.1 Å². The molecular weight excluding hydrogens is 771 g/mol. The zero-order valence-electron chi connectivity index (χ0n) is 33.0. The third kappa shape index (κ3) is 17.4. The number of hydrogen-bond acceptors (Lipinski definition) is 13. The molecule has 0 radical (unpaired) electrons. The minimum absolute atomic E-state index is 0.0625. The van der Waals surface area contributed by atoms with E-state index < -0.39 is 80.3 Å². The van der Waals surface area contributed by atoms with E-state index >= 15 is 0 Å². The van der Waals surface area contributed by atoms with Crippen molar-refractivity contribution in [3.63, 3.8) is 0 Å². The molecule has 1 fully saturated rings. The van der Waals surface area contributed by atoms with Crippen molar-refractivity contribution >= 4 is 43.3 Å². The lowest BCUT2D eigenvalue weighted by molar-refractivity contribution is -0.140. The van der Waals surface area contributed by atoms with Crippen molar-refractivity contribution in [1.29, 1.82) is 0 Å². The number of amides is 6. The first-order valence-corrected chi connectivity index (χ1v) is 20.2. The van der Waals surface area contributed by atoms with Gasteiger partial charge in [-0.1, -0.05) is 19.9 Å². The number of phosphoric acid groups is 1. The number of nitrogens with zero attached hydrogens (tertiary/aromatic N) is 2. The standard InChI is InChI=1S/C35H59N8O13P/c1-6-7-8-13-55-57(51,52)56-23(4)30(31(36)46)42-34(49)27(20-44)41-33(48)26(18-24-19-37-21-38-24)39-32(47)25(17-22(2)3)40-35(50)28-10-9-12-43(28)29(45)11-14-54-16-15-53-5/h6,19,21-23,25-28,30,44H,1,7-18,20H2,2-5H3,(H2,36,46)(H,37,38)(H,39,47)(H,40,50)(H,41,48)(H,42,49)(H,51,52)/t23-,25+,26+,27+,28+,30+/m1/s1. The molecule has 0 saturated carbocycles. The van der Waals surface area contributed by atoms with Crippen molar-refractivity contribution < 1.29 is 61.9 Å². The van der Waals surface area contributed by atoms with Crippen molar-refractivity contribution in [2.75, 3.05) is 46.7 Å². The van der Waals surface area contributed by atoms with Gasteiger partial charge in [-0.15, -0.1) is 6.58 Å². The number of hydrogen-bond donors (Lipinski definition) is 8. The summed E-state index contributed by atoms with van der Waals surface area (Å²) in [6, 6.07) is -6.74. The Balaban J connectivity index is 2.18. The number of aromatic nitrogens is 2. The minimum Gasteiger partial charge on any atom is -0.394 e. The van der Waals surface area contributed by atoms with Gasteiger partial charge in [-0.3, -0.25) is 37.8 Å². The molecule has 22 heteroatoms. The largest absolute Gasteiger partial charge is 0.472 e. The maximum absolute atomic E-state index is 13.8. The maximum atomic E-state index is 13.8. The molecule has 322 valence electrons. The fourth-order valence-corrected chi connectivity index (χ4v) is 6.77. The molecule has 0 aromatic carbocycles. The van der Waals surface area contributed by atoms with E-state index in [2.05, 4.69) is 37.8 Å². The Hall–Kier alpha value is -4.24. The van der Waals surface area contributed by atoms with Crippen LogP contribution < -0.4 is 27.0 Å². The van der Waals surface area contributed by atoms with E-state index in [1.807, 2.05) is 13.8 Å². The summed E-state index contributed by atoms with van der Waals surface area (Å²) >= 11 is 0. The van der Waals surface area contributed by atoms with E-state index in [1.165, 1.54) is 31.5 Å². The molecule has 21 nitrogen and oxygen atoms in total. The summed E-state index contributed by atoms with van der Waals surface area (Å²) in [6.07, 6.45) is 4.76. The number of methoxy groups -OCH3 is 1. The molecule has 0 aliphatic carbocycles. The molecule has 1 aliphatic rings. The molecule has 1 aromatic rings. The van der Waals surface area contributed by atoms with Crippen LogP contribution in [0, 0.1) is 5.92 Å². The number of phosphoric ester groups is 1. The lowest BCUT2D eigenvalue weighted by atomic mass is 10.0. The van der Waals surface area contributed by atoms with Crippen LogP contribution in [0.15, 0.2) is 25.2 Å². The number of primary amides is 1. The van der Waals surface area contributed by atoms with Crippen LogP contribution in [-0.4, -0.2) is 143 Å². The Morgan fingerprint density at radius 1 is 1.04 bits per heavy atom. The number of likely N-dealkylation sites (tertiary alicyclic amines) is 1. The summed E-state index contributed by atoms with van der Waals surface area (Å²) in [7, 11) is -3.16. The molecule has 1 aromatic heterocycles. The van der Waals surface area contributed by atoms with Crippen LogP contribution >= 0.6 is 7.82 Å². The topological polar surface area (TPSA) is 303 Å². The average molecular weight is 831 g/mol. The van der Waals surface area contributed by atoms with Gasteiger partial charge < -0.3 is 56.4 Å². The highest BCUT2D eigenvalue weighted by Crippen LogP contribution is 2.45. The van der Waals surface area contributed by atoms with Crippen LogP contribution in [0.3, 0.4) is 0 Å². The summed E-state index contributed by atoms with van der Waals surface area (Å²) in [4.78, 5) is 97.8. The number of rotatable bonds is 28. The first kappa shape index (κ1) is 48.9. The highest BCUT2D eigenvalue weighted by molar-refractivity contribution is 7.47. The predicted octanol–water partition coefficient (Wildman–Crippen LogP) is -1.05. The zero-order chi connectivity index (χ0) is 42.5. The van der Waals surface area contributed by atoms with E-state index in [1.54, 1.807) is 6.08 Å². The second kappa shape index (κ2) is 25.2. The second-order valence-electron chi connectivity index (χ2n) is 13.8. The predicted molar refractivity (Wildman–Crippen MR) is 204 cm³/mol. The van der Waals surface area contributed by atoms with Gasteiger partial charge in [0, 0.05) is 32.0 Å². The monoisotopic (exact) mass is 830 g/mol. The average Bonchev–Trinajstić information content (AvgIpc) is 3.86. The number of imidazole rings is 1. The Kier molecular flexibility index (Phi) is 21.6. The zero-order valence-corrected chi connectivity index (χ0v) is 33.9. The Bertz CT molecular complexity index is 1520. The Morgan fingerprint density at radius 3 is 2.33 bits per heavy atom. The summed E-state index contributed by atoms with van der Waals surface area (Å²) in [5, 5.41) is 20.0. The Morgan fingerprint density at radius 2 is 1.72 bits per heavy atom. The van der Waals surface area contributed by atoms with Gasteiger partial charge in [-0.2, -0.15) is 0 Å². The van der Waals surface area contributed by atoms with Crippen LogP contribution in [0.2, 0.25) is 0 Å². The summed E-state index contributed by atoms with van der Waals surface area (Å²) in [5.74, 6) is -4.84. The van der Waals surface area contributed by atoms with Gasteiger partial charge in [0.05, 0.1) is 51.9 Å². The molecular formula is C35H59N8O13P. The number of aliphatic hydroxyl groups excluding tert-OH is 1. The fraction of sp³-hybridized carbons (Fsp3) is 0.686. The van der Waals surface area contributed by atoms with Gasteiger partial charge in [0.25, 0.3) is 0 Å². The van der Waals surface area contributed by atoms with Crippen molar-refractivity contribution in [2.45, 2.75) is 102 Å². The van der Waals surface area contributed by atoms with Crippen LogP contribution in [0.25, 0.3) is 0 Å². The highest BCUT2D eigenvalue weighted by atomic mass is 31.2. The first-order valence-electron chi connectivity index (χ1n) is 18.7. The van der Waals surface area contributed by atoms with E-state index in [4.69, 9.17) is 24.3 Å². The molecule has 2 rings (SSSR count). The van der Waals surface area contributed by atoms with Gasteiger partial charge >= 0.3 is 7.82 Å². The summed E-state index contributed by atoms with van der Waals surface area (Å²) in [6.45, 7) is 8.48. The number of aliphatic hydroxyl groups is 1. The molecule has 1 unspecified atom stereocenters. The number of unbranched alkanes of at least 4 members (excludes halogenated alkanes) is 1. The number of nitrogens with one attached hydrogen (secondary N) is 5. The molecule has 1 saturated heterocycles. The quantitative estimate of drug-likeness (QED) is 0.0284. The number of H-pyrrole nitrogens is 1. The summed E-state index contributed by atoms with van der Waals surface area (Å²) in [5.41, 5.74) is 5.85. The third-order valence-electron chi connectivity index (χ3n) is 8.72. The van der Waals surface area contributed by atoms with Crippen LogP contribution in [-0.2, 0) is 58.3 Å². The lowest BCUT2D eigenvalue weighted by Gasteiger charge is -2.29. The number of allylic oxidation sites excluding steroid dienone is 1. The number of aromatic amines is 1. The normalized spacial score (nSPS) is 17.7. The van der Waals surface area contributed by atoms with Gasteiger partial charge in [0.1, 0.15) is 30.2 Å². The fourth-order valence-electron chi connectivity index (χ4n) is 5.80. The van der Waals surface area contributed by atoms with E-state index in [0.717, 1.165) is 0 Å². The second-order valence-corrected chi connectivity index (χ2v) is 15.2. The number of carbonyl (C=O) groups is 6.